The van der Waals surface area contributed by atoms with Crippen LogP contribution in [0, 0.1) is 0 Å². The van der Waals surface area contributed by atoms with Gasteiger partial charge < -0.3 is 28.8 Å². The zero-order valence-electron chi connectivity index (χ0n) is 32.4. The third kappa shape index (κ3) is 10.5. The Kier molecular flexibility index (Phi) is 15.9. The van der Waals surface area contributed by atoms with Crippen LogP contribution in [0.3, 0.4) is 0 Å². The summed E-state index contributed by atoms with van der Waals surface area (Å²) in [5, 5.41) is 8.82. The van der Waals surface area contributed by atoms with Crippen molar-refractivity contribution >= 4 is 53.6 Å². The molecule has 3 heterocycles. The summed E-state index contributed by atoms with van der Waals surface area (Å²) in [6.07, 6.45) is 11.5. The van der Waals surface area contributed by atoms with Gasteiger partial charge in [-0.3, -0.25) is 9.56 Å². The smallest absolute Gasteiger partial charge is 0.245 e. The van der Waals surface area contributed by atoms with Gasteiger partial charge >= 0.3 is 0 Å². The van der Waals surface area contributed by atoms with Gasteiger partial charge in [-0.05, 0) is 92.2 Å². The molecule has 1 N–H and O–H groups in total. The minimum Gasteiger partial charge on any atom is -0.497 e. The molecule has 1 fully saturated rings. The molecule has 0 aliphatic carbocycles. The van der Waals surface area contributed by atoms with E-state index in [1.54, 1.807) is 35.7 Å². The standard InChI is InChI=1S/C33H33IN4O5S.C12H13NO/c1-39-26-12-8-24(9-13-26)33(23-6-4-3-5-7-23,25-10-14-27(40-2)15-11-25)42-20-28-16-17-29(43-28)38-22-37-30-31(38)35-21-36-32(30)41-18-19-44-34;1-2-13-9-3-4-11-5-7-12(10-14)8-6-11/h3-15,21-22,28-29H,16-20H2,1-2H3;2-9,14H,1,10H2/b;4-3+,13-9?/t28-,29+;/m0./s1. The van der Waals surface area contributed by atoms with Gasteiger partial charge in [-0.2, -0.15) is 4.98 Å². The molecule has 58 heavy (non-hydrogen) atoms. The summed E-state index contributed by atoms with van der Waals surface area (Å²) in [4.78, 5) is 17.2. The van der Waals surface area contributed by atoms with Crippen LogP contribution in [0.4, 0.5) is 0 Å². The summed E-state index contributed by atoms with van der Waals surface area (Å²) in [6, 6.07) is 34.1. The normalized spacial score (nSPS) is 15.4. The van der Waals surface area contributed by atoms with Gasteiger partial charge in [-0.15, -0.1) is 0 Å². The minimum atomic E-state index is -0.904. The van der Waals surface area contributed by atoms with Crippen molar-refractivity contribution in [3.05, 3.63) is 162 Å². The van der Waals surface area contributed by atoms with Gasteiger partial charge in [0.15, 0.2) is 11.2 Å². The second kappa shape index (κ2) is 21.6. The van der Waals surface area contributed by atoms with Crippen LogP contribution in [0.1, 0.15) is 46.9 Å². The number of aliphatic hydroxyl groups excluding tert-OH is 1. The first kappa shape index (κ1) is 42.5. The number of allylic oxidation sites excluding steroid dienone is 1. The van der Waals surface area contributed by atoms with Gasteiger partial charge in [0, 0.05) is 18.2 Å². The van der Waals surface area contributed by atoms with E-state index in [9.17, 15) is 0 Å². The van der Waals surface area contributed by atoms with Gasteiger partial charge in [0.05, 0.1) is 46.5 Å². The minimum absolute atomic E-state index is 0.0852. The maximum atomic E-state index is 8.82. The Morgan fingerprint density at radius 3 is 2.19 bits per heavy atom. The average Bonchev–Trinajstić information content (AvgIpc) is 3.95. The molecule has 0 unspecified atom stereocenters. The number of imidazole rings is 1. The lowest BCUT2D eigenvalue weighted by Crippen LogP contribution is -2.35. The van der Waals surface area contributed by atoms with Crippen molar-refractivity contribution in [1.29, 1.82) is 0 Å². The number of benzene rings is 4. The Labute approximate surface area is 355 Å². The van der Waals surface area contributed by atoms with Crippen molar-refractivity contribution in [2.24, 2.45) is 4.99 Å². The van der Waals surface area contributed by atoms with Crippen LogP contribution in [-0.2, 0) is 21.7 Å². The molecule has 7 rings (SSSR count). The fraction of sp³-hybridized carbons (Fsp3) is 0.244. The Morgan fingerprint density at radius 1 is 0.897 bits per heavy atom. The van der Waals surface area contributed by atoms with Crippen molar-refractivity contribution < 1.29 is 28.8 Å². The van der Waals surface area contributed by atoms with E-state index in [0.29, 0.717) is 30.3 Å². The third-order valence-corrected chi connectivity index (χ3v) is 11.1. The quantitative estimate of drug-likeness (QED) is 0.0410. The Balaban J connectivity index is 0.000000344. The largest absolute Gasteiger partial charge is 0.497 e. The number of hydrogen-bond donors (Lipinski definition) is 1. The van der Waals surface area contributed by atoms with E-state index in [1.807, 2.05) is 83.4 Å². The molecule has 0 spiro atoms. The number of nitrogens with zero attached hydrogens (tertiary/aromatic N) is 5. The van der Waals surface area contributed by atoms with Crippen molar-refractivity contribution in [3.8, 4) is 17.4 Å². The van der Waals surface area contributed by atoms with E-state index in [2.05, 4.69) is 84.1 Å². The number of aromatic nitrogens is 4. The highest BCUT2D eigenvalue weighted by molar-refractivity contribution is 14.2. The second-order valence-corrected chi connectivity index (χ2v) is 15.5. The van der Waals surface area contributed by atoms with Gasteiger partial charge in [-0.25, -0.2) is 9.97 Å². The molecular formula is C45H46IN5O6S. The van der Waals surface area contributed by atoms with E-state index >= 15 is 0 Å². The SMILES string of the molecule is C=CN=C/C=C/c1ccc(CO)cc1.COc1ccc(C(OC[C@@H]2CC[C@H](n3cnc4c(OCCSI)ncnc43)O2)(c2ccccc2)c2ccc(OC)cc2)cc1. The molecule has 300 valence electrons. The summed E-state index contributed by atoms with van der Waals surface area (Å²) in [6.45, 7) is 4.48. The first-order valence-electron chi connectivity index (χ1n) is 18.7. The molecule has 11 nitrogen and oxygen atoms in total. The van der Waals surface area contributed by atoms with E-state index in [1.165, 1.54) is 12.5 Å². The summed E-state index contributed by atoms with van der Waals surface area (Å²) >= 11 is 2.25. The molecular weight excluding hydrogens is 865 g/mol. The van der Waals surface area contributed by atoms with E-state index in [-0.39, 0.29) is 18.9 Å². The summed E-state index contributed by atoms with van der Waals surface area (Å²) in [5.74, 6) is 2.91. The highest BCUT2D eigenvalue weighted by atomic mass is 127. The molecule has 0 bridgehead atoms. The summed E-state index contributed by atoms with van der Waals surface area (Å²) in [5.41, 5.74) is 5.40. The molecule has 6 aromatic rings. The number of halogens is 1. The van der Waals surface area contributed by atoms with Gasteiger partial charge in [0.1, 0.15) is 29.7 Å². The Hall–Kier alpha value is -5.06. The fourth-order valence-corrected chi connectivity index (χ4v) is 7.31. The van der Waals surface area contributed by atoms with Crippen molar-refractivity contribution in [2.45, 2.75) is 37.4 Å². The average molecular weight is 912 g/mol. The van der Waals surface area contributed by atoms with Crippen LogP contribution in [0.25, 0.3) is 17.2 Å². The predicted molar refractivity (Wildman–Crippen MR) is 239 cm³/mol. The van der Waals surface area contributed by atoms with Gasteiger partial charge in [0.2, 0.25) is 5.88 Å². The van der Waals surface area contributed by atoms with Crippen LogP contribution < -0.4 is 14.2 Å². The first-order valence-corrected chi connectivity index (χ1v) is 22.2. The lowest BCUT2D eigenvalue weighted by molar-refractivity contribution is -0.0756. The van der Waals surface area contributed by atoms with Crippen molar-refractivity contribution in [2.75, 3.05) is 33.2 Å². The summed E-state index contributed by atoms with van der Waals surface area (Å²) in [7, 11) is 5.03. The number of methoxy groups -OCH3 is 2. The molecule has 0 radical (unpaired) electrons. The lowest BCUT2D eigenvalue weighted by atomic mass is 9.80. The second-order valence-electron chi connectivity index (χ2n) is 13.0. The van der Waals surface area contributed by atoms with Crippen molar-refractivity contribution in [1.82, 2.24) is 19.5 Å². The number of ether oxygens (including phenoxy) is 5. The predicted octanol–water partition coefficient (Wildman–Crippen LogP) is 9.40. The first-order chi connectivity index (χ1) is 28.5. The summed E-state index contributed by atoms with van der Waals surface area (Å²) < 4.78 is 32.4. The van der Waals surface area contributed by atoms with Crippen LogP contribution in [0.15, 0.2) is 140 Å². The maximum absolute atomic E-state index is 8.82. The van der Waals surface area contributed by atoms with Crippen LogP contribution in [-0.4, -0.2) is 70.1 Å². The van der Waals surface area contributed by atoms with Gasteiger partial charge in [0.25, 0.3) is 0 Å². The molecule has 0 saturated carbocycles. The molecule has 4 aromatic carbocycles. The van der Waals surface area contributed by atoms with Crippen LogP contribution in [0.2, 0.25) is 0 Å². The number of hydrogen-bond acceptors (Lipinski definition) is 11. The number of aliphatic hydroxyl groups is 1. The molecule has 2 aromatic heterocycles. The highest BCUT2D eigenvalue weighted by Gasteiger charge is 2.40. The Morgan fingerprint density at radius 2 is 1.57 bits per heavy atom. The lowest BCUT2D eigenvalue weighted by Gasteiger charge is -2.37. The molecule has 1 aliphatic rings. The zero-order valence-corrected chi connectivity index (χ0v) is 35.4. The molecule has 2 atom stereocenters. The molecule has 0 amide bonds. The number of aliphatic imine (C=N–C) groups is 1. The fourth-order valence-electron chi connectivity index (χ4n) is 6.62. The van der Waals surface area contributed by atoms with Gasteiger partial charge in [-0.1, -0.05) is 100 Å². The van der Waals surface area contributed by atoms with E-state index < -0.39 is 5.60 Å². The van der Waals surface area contributed by atoms with Crippen LogP contribution in [0.5, 0.6) is 17.4 Å². The molecule has 13 heteroatoms. The maximum Gasteiger partial charge on any atom is 0.245 e. The third-order valence-electron chi connectivity index (χ3n) is 9.51. The number of fused-ring (bicyclic) bond motifs is 1. The molecule has 1 saturated heterocycles. The zero-order chi connectivity index (χ0) is 40.6. The Bertz CT molecular complexity index is 2190. The topological polar surface area (TPSA) is 122 Å². The highest BCUT2D eigenvalue weighted by Crippen LogP contribution is 2.43. The van der Waals surface area contributed by atoms with Crippen molar-refractivity contribution in [3.63, 3.8) is 0 Å². The molecule has 1 aliphatic heterocycles. The number of rotatable bonds is 17. The van der Waals surface area contributed by atoms with Crippen LogP contribution >= 0.6 is 30.1 Å². The van der Waals surface area contributed by atoms with E-state index in [0.717, 1.165) is 57.9 Å². The van der Waals surface area contributed by atoms with E-state index in [4.69, 9.17) is 28.8 Å². The monoisotopic (exact) mass is 911 g/mol.